The SMILES string of the molecule is CCOC(=O)c1c(C)[nH]c(-c2csc(-c3cccc(OC)c3OC)n2)c1C. The molecule has 0 aliphatic carbocycles. The molecule has 27 heavy (non-hydrogen) atoms. The molecule has 0 spiro atoms. The van der Waals surface area contributed by atoms with Crippen LogP contribution in [-0.2, 0) is 4.74 Å². The molecule has 0 aliphatic heterocycles. The van der Waals surface area contributed by atoms with E-state index in [1.807, 2.05) is 37.4 Å². The van der Waals surface area contributed by atoms with Crippen molar-refractivity contribution in [1.82, 2.24) is 9.97 Å². The Labute approximate surface area is 162 Å². The van der Waals surface area contributed by atoms with E-state index in [0.29, 0.717) is 23.7 Å². The summed E-state index contributed by atoms with van der Waals surface area (Å²) in [5, 5.41) is 2.77. The number of nitrogens with zero attached hydrogens (tertiary/aromatic N) is 1. The van der Waals surface area contributed by atoms with E-state index in [9.17, 15) is 4.79 Å². The van der Waals surface area contributed by atoms with Crippen molar-refractivity contribution in [2.75, 3.05) is 20.8 Å². The molecular formula is C20H22N2O4S. The molecule has 0 saturated heterocycles. The maximum atomic E-state index is 12.2. The molecule has 0 radical (unpaired) electrons. The molecule has 0 aliphatic rings. The molecular weight excluding hydrogens is 364 g/mol. The topological polar surface area (TPSA) is 73.4 Å². The van der Waals surface area contributed by atoms with Crippen molar-refractivity contribution in [3.63, 3.8) is 0 Å². The lowest BCUT2D eigenvalue weighted by Gasteiger charge is -2.10. The van der Waals surface area contributed by atoms with E-state index in [4.69, 9.17) is 19.2 Å². The van der Waals surface area contributed by atoms with Crippen LogP contribution >= 0.6 is 11.3 Å². The second kappa shape index (κ2) is 7.84. The van der Waals surface area contributed by atoms with Gasteiger partial charge >= 0.3 is 5.97 Å². The van der Waals surface area contributed by atoms with Crippen LogP contribution in [0.5, 0.6) is 11.5 Å². The molecule has 3 aromatic rings. The van der Waals surface area contributed by atoms with Crippen molar-refractivity contribution >= 4 is 17.3 Å². The van der Waals surface area contributed by atoms with Crippen LogP contribution in [0.4, 0.5) is 0 Å². The van der Waals surface area contributed by atoms with Crippen LogP contribution < -0.4 is 9.47 Å². The zero-order valence-corrected chi connectivity index (χ0v) is 16.8. The highest BCUT2D eigenvalue weighted by atomic mass is 32.1. The van der Waals surface area contributed by atoms with Crippen LogP contribution in [0.25, 0.3) is 22.0 Å². The van der Waals surface area contributed by atoms with Crippen LogP contribution in [0.15, 0.2) is 23.6 Å². The number of carbonyl (C=O) groups excluding carboxylic acids is 1. The molecule has 7 heteroatoms. The predicted octanol–water partition coefficient (Wildman–Crippen LogP) is 4.62. The Morgan fingerprint density at radius 2 is 2.00 bits per heavy atom. The highest BCUT2D eigenvalue weighted by Crippen LogP contribution is 2.40. The molecule has 0 fully saturated rings. The molecule has 6 nitrogen and oxygen atoms in total. The molecule has 0 unspecified atom stereocenters. The average molecular weight is 386 g/mol. The average Bonchev–Trinajstić information content (AvgIpc) is 3.25. The van der Waals surface area contributed by atoms with Crippen molar-refractivity contribution in [1.29, 1.82) is 0 Å². The van der Waals surface area contributed by atoms with E-state index in [0.717, 1.165) is 33.2 Å². The standard InChI is InChI=1S/C20H22N2O4S/c1-6-26-20(23)16-11(2)17(21-12(16)3)14-10-27-19(22-14)13-8-7-9-15(24-4)18(13)25-5/h7-10,21H,6H2,1-5H3. The predicted molar refractivity (Wildman–Crippen MR) is 106 cm³/mol. The number of aromatic nitrogens is 2. The molecule has 1 aromatic carbocycles. The number of aryl methyl sites for hydroxylation is 1. The zero-order chi connectivity index (χ0) is 19.6. The first-order valence-electron chi connectivity index (χ1n) is 8.55. The summed E-state index contributed by atoms with van der Waals surface area (Å²) >= 11 is 1.51. The number of hydrogen-bond acceptors (Lipinski definition) is 6. The van der Waals surface area contributed by atoms with Crippen molar-refractivity contribution < 1.29 is 19.0 Å². The quantitative estimate of drug-likeness (QED) is 0.626. The molecule has 0 saturated carbocycles. The van der Waals surface area contributed by atoms with E-state index in [-0.39, 0.29) is 5.97 Å². The minimum atomic E-state index is -0.320. The van der Waals surface area contributed by atoms with Gasteiger partial charge in [0.25, 0.3) is 0 Å². The van der Waals surface area contributed by atoms with Crippen LogP contribution in [0, 0.1) is 13.8 Å². The normalized spacial score (nSPS) is 10.7. The monoisotopic (exact) mass is 386 g/mol. The van der Waals surface area contributed by atoms with Crippen LogP contribution in [0.3, 0.4) is 0 Å². The largest absolute Gasteiger partial charge is 0.493 e. The lowest BCUT2D eigenvalue weighted by molar-refractivity contribution is 0.0525. The molecule has 0 bridgehead atoms. The van der Waals surface area contributed by atoms with Gasteiger partial charge < -0.3 is 19.2 Å². The summed E-state index contributed by atoms with van der Waals surface area (Å²) in [6.45, 7) is 5.90. The number of rotatable bonds is 6. The summed E-state index contributed by atoms with van der Waals surface area (Å²) in [5.41, 5.74) is 4.63. The number of benzene rings is 1. The third kappa shape index (κ3) is 3.42. The zero-order valence-electron chi connectivity index (χ0n) is 16.0. The Bertz CT molecular complexity index is 975. The fraction of sp³-hybridized carbons (Fsp3) is 0.300. The maximum Gasteiger partial charge on any atom is 0.340 e. The Hall–Kier alpha value is -2.80. The minimum absolute atomic E-state index is 0.320. The fourth-order valence-corrected chi connectivity index (χ4v) is 3.92. The highest BCUT2D eigenvalue weighted by molar-refractivity contribution is 7.13. The Balaban J connectivity index is 2.03. The number of nitrogens with one attached hydrogen (secondary N) is 1. The second-order valence-corrected chi connectivity index (χ2v) is 6.78. The van der Waals surface area contributed by atoms with E-state index >= 15 is 0 Å². The molecule has 142 valence electrons. The summed E-state index contributed by atoms with van der Waals surface area (Å²) in [7, 11) is 3.22. The van der Waals surface area contributed by atoms with E-state index in [1.165, 1.54) is 11.3 Å². The van der Waals surface area contributed by atoms with Crippen LogP contribution in [0.2, 0.25) is 0 Å². The number of thiazole rings is 1. The lowest BCUT2D eigenvalue weighted by atomic mass is 10.1. The third-order valence-corrected chi connectivity index (χ3v) is 5.19. The second-order valence-electron chi connectivity index (χ2n) is 5.92. The fourth-order valence-electron chi connectivity index (χ4n) is 3.08. The first-order valence-corrected chi connectivity index (χ1v) is 9.43. The Morgan fingerprint density at radius 1 is 1.22 bits per heavy atom. The van der Waals surface area contributed by atoms with Crippen molar-refractivity contribution in [3.05, 3.63) is 40.4 Å². The number of methoxy groups -OCH3 is 2. The van der Waals surface area contributed by atoms with Crippen LogP contribution in [0.1, 0.15) is 28.5 Å². The summed E-state index contributed by atoms with van der Waals surface area (Å²) in [4.78, 5) is 20.2. The first kappa shape index (κ1) is 19.0. The molecule has 1 N–H and O–H groups in total. The van der Waals surface area contributed by atoms with Gasteiger partial charge in [-0.1, -0.05) is 6.07 Å². The number of H-pyrrole nitrogens is 1. The lowest BCUT2D eigenvalue weighted by Crippen LogP contribution is -2.06. The van der Waals surface area contributed by atoms with Crippen LogP contribution in [-0.4, -0.2) is 36.8 Å². The van der Waals surface area contributed by atoms with E-state index in [1.54, 1.807) is 21.1 Å². The molecule has 2 aromatic heterocycles. The number of para-hydroxylation sites is 1. The van der Waals surface area contributed by atoms with Gasteiger partial charge in [0.2, 0.25) is 0 Å². The molecule has 3 rings (SSSR count). The summed E-state index contributed by atoms with van der Waals surface area (Å²) in [6, 6.07) is 5.70. The molecule has 0 amide bonds. The number of carbonyl (C=O) groups is 1. The maximum absolute atomic E-state index is 12.2. The Kier molecular flexibility index (Phi) is 5.51. The van der Waals surface area contributed by atoms with Gasteiger partial charge in [-0.2, -0.15) is 0 Å². The van der Waals surface area contributed by atoms with Crippen molar-refractivity contribution in [2.24, 2.45) is 0 Å². The van der Waals surface area contributed by atoms with Gasteiger partial charge in [-0.25, -0.2) is 9.78 Å². The van der Waals surface area contributed by atoms with Gasteiger partial charge in [0.05, 0.1) is 43.3 Å². The summed E-state index contributed by atoms with van der Waals surface area (Å²) in [6.07, 6.45) is 0. The third-order valence-electron chi connectivity index (χ3n) is 4.31. The number of hydrogen-bond donors (Lipinski definition) is 1. The van der Waals surface area contributed by atoms with E-state index < -0.39 is 0 Å². The van der Waals surface area contributed by atoms with Crippen molar-refractivity contribution in [3.8, 4) is 33.5 Å². The summed E-state index contributed by atoms with van der Waals surface area (Å²) < 4.78 is 16.0. The number of ether oxygens (including phenoxy) is 3. The van der Waals surface area contributed by atoms with Gasteiger partial charge in [-0.3, -0.25) is 0 Å². The summed E-state index contributed by atoms with van der Waals surface area (Å²) in [5.74, 6) is 0.982. The number of aromatic amines is 1. The van der Waals surface area contributed by atoms with Crippen molar-refractivity contribution in [2.45, 2.75) is 20.8 Å². The van der Waals surface area contributed by atoms with Gasteiger partial charge in [0, 0.05) is 11.1 Å². The van der Waals surface area contributed by atoms with Gasteiger partial charge in [-0.05, 0) is 38.5 Å². The molecule has 2 heterocycles. The first-order chi connectivity index (χ1) is 13.0. The Morgan fingerprint density at radius 3 is 2.67 bits per heavy atom. The van der Waals surface area contributed by atoms with Gasteiger partial charge in [-0.15, -0.1) is 11.3 Å². The highest BCUT2D eigenvalue weighted by Gasteiger charge is 2.22. The smallest absolute Gasteiger partial charge is 0.340 e. The van der Waals surface area contributed by atoms with Gasteiger partial charge in [0.15, 0.2) is 11.5 Å². The minimum Gasteiger partial charge on any atom is -0.493 e. The number of esters is 1. The van der Waals surface area contributed by atoms with E-state index in [2.05, 4.69) is 4.98 Å². The molecule has 0 atom stereocenters. The van der Waals surface area contributed by atoms with Gasteiger partial charge in [0.1, 0.15) is 5.01 Å².